The van der Waals surface area contributed by atoms with Crippen molar-refractivity contribution in [1.82, 2.24) is 0 Å². The summed E-state index contributed by atoms with van der Waals surface area (Å²) in [5.74, 6) is -1.60. The zero-order valence-corrected chi connectivity index (χ0v) is 37.4. The van der Waals surface area contributed by atoms with E-state index in [2.05, 4.69) is 80.7 Å². The number of aliphatic carboxylic acids is 1. The van der Waals surface area contributed by atoms with Gasteiger partial charge in [-0.25, -0.2) is 4.79 Å². The first-order valence-corrected chi connectivity index (χ1v) is 22.1. The molecule has 0 saturated heterocycles. The number of rotatable bonds is 37. The van der Waals surface area contributed by atoms with Crippen molar-refractivity contribution in [3.05, 3.63) is 122 Å². The molecule has 0 amide bonds. The molecule has 8 nitrogen and oxygen atoms in total. The summed E-state index contributed by atoms with van der Waals surface area (Å²) in [6.07, 6.45) is 56.8. The molecule has 0 rings (SSSR count). The number of nitrogens with zero attached hydrogens (tertiary/aromatic N) is 1. The Kier molecular flexibility index (Phi) is 37.6. The van der Waals surface area contributed by atoms with Crippen molar-refractivity contribution in [1.29, 1.82) is 0 Å². The summed E-state index contributed by atoms with van der Waals surface area (Å²) in [7, 11) is 5.48. The van der Waals surface area contributed by atoms with Crippen LogP contribution in [0, 0.1) is 0 Å². The van der Waals surface area contributed by atoms with Gasteiger partial charge in [0.25, 0.3) is 0 Å². The number of likely N-dealkylation sites (N-methyl/N-ethyl adjacent to an activating group) is 1. The molecule has 0 heterocycles. The number of carbonyl (C=O) groups excluding carboxylic acids is 2. The van der Waals surface area contributed by atoms with Gasteiger partial charge in [0, 0.05) is 19.3 Å². The van der Waals surface area contributed by atoms with Gasteiger partial charge in [-0.3, -0.25) is 9.59 Å². The zero-order valence-electron chi connectivity index (χ0n) is 37.4. The average Bonchev–Trinajstić information content (AvgIpc) is 3.19. The standard InChI is InChI=1S/C51H79NO7/c1-6-8-10-12-14-16-18-20-21-22-23-24-25-26-27-28-30-32-34-36-38-40-42-50(54)59-47(45-57-44-43-48(51(55)56)52(3,4)5)46-58-49(53)41-39-37-35-33-31-29-19-17-15-13-11-9-7-2/h8-11,13-17,19-21,23-24,26-27,29,31,33,35,47-48H,6-7,12,18,22,25,28,30,32,34,36-46H2,1-5H3/p+1/b10-8+,11-9+,15-13+,16-14+,19-17+,21-20+,24-23+,27-26+,31-29+,35-33+. The number of carbonyl (C=O) groups is 3. The third-order valence-electron chi connectivity index (χ3n) is 8.98. The summed E-state index contributed by atoms with van der Waals surface area (Å²) < 4.78 is 17.2. The van der Waals surface area contributed by atoms with Crippen LogP contribution >= 0.6 is 0 Å². The number of carboxylic acids is 1. The van der Waals surface area contributed by atoms with Gasteiger partial charge in [-0.1, -0.05) is 161 Å². The molecule has 0 aliphatic heterocycles. The lowest BCUT2D eigenvalue weighted by Crippen LogP contribution is -2.50. The highest BCUT2D eigenvalue weighted by atomic mass is 16.6. The lowest BCUT2D eigenvalue weighted by molar-refractivity contribution is -0.887. The van der Waals surface area contributed by atoms with Crippen molar-refractivity contribution in [3.63, 3.8) is 0 Å². The largest absolute Gasteiger partial charge is 0.477 e. The molecular formula is C51H80NO7+. The SMILES string of the molecule is CC/C=C/C=C/C=C/C=C/C=C/CCCC(=O)OCC(COCCC(C(=O)O)[N+](C)(C)C)OC(=O)CCCCCCCC/C=C/C/C=C/C/C=C/C/C=C/C/C=C/CC. The van der Waals surface area contributed by atoms with Crippen LogP contribution in [0.1, 0.15) is 129 Å². The first-order chi connectivity index (χ1) is 28.6. The molecule has 330 valence electrons. The summed E-state index contributed by atoms with van der Waals surface area (Å²) in [6, 6.07) is -0.636. The van der Waals surface area contributed by atoms with E-state index in [1.165, 1.54) is 6.42 Å². The molecule has 0 aliphatic carbocycles. The highest BCUT2D eigenvalue weighted by Crippen LogP contribution is 2.12. The molecule has 8 heteroatoms. The van der Waals surface area contributed by atoms with Gasteiger partial charge in [0.15, 0.2) is 12.1 Å². The molecule has 59 heavy (non-hydrogen) atoms. The van der Waals surface area contributed by atoms with Crippen molar-refractivity contribution >= 4 is 17.9 Å². The van der Waals surface area contributed by atoms with Gasteiger partial charge in [0.2, 0.25) is 0 Å². The molecule has 0 fully saturated rings. The number of carboxylic acid groups (broad SMARTS) is 1. The fourth-order valence-corrected chi connectivity index (χ4v) is 5.62. The van der Waals surface area contributed by atoms with E-state index < -0.39 is 18.1 Å². The molecule has 0 bridgehead atoms. The van der Waals surface area contributed by atoms with Crippen molar-refractivity contribution in [2.45, 2.75) is 142 Å². The second-order valence-electron chi connectivity index (χ2n) is 15.3. The predicted octanol–water partition coefficient (Wildman–Crippen LogP) is 12.2. The minimum absolute atomic E-state index is 0.0230. The summed E-state index contributed by atoms with van der Waals surface area (Å²) in [4.78, 5) is 36.9. The molecular weight excluding hydrogens is 739 g/mol. The predicted molar refractivity (Wildman–Crippen MR) is 247 cm³/mol. The Morgan fingerprint density at radius 2 is 1.00 bits per heavy atom. The molecule has 1 N–H and O–H groups in total. The molecule has 2 atom stereocenters. The molecule has 0 aliphatic rings. The van der Waals surface area contributed by atoms with Gasteiger partial charge < -0.3 is 23.8 Å². The Balaban J connectivity index is 4.46. The second kappa shape index (κ2) is 40.5. The molecule has 0 aromatic heterocycles. The molecule has 0 aromatic carbocycles. The van der Waals surface area contributed by atoms with Crippen LogP contribution in [0.15, 0.2) is 122 Å². The third kappa shape index (κ3) is 39.0. The van der Waals surface area contributed by atoms with Crippen molar-refractivity contribution in [2.24, 2.45) is 0 Å². The monoisotopic (exact) mass is 819 g/mol. The van der Waals surface area contributed by atoms with E-state index in [0.29, 0.717) is 12.8 Å². The van der Waals surface area contributed by atoms with E-state index >= 15 is 0 Å². The Morgan fingerprint density at radius 3 is 1.56 bits per heavy atom. The maximum Gasteiger partial charge on any atom is 0.362 e. The van der Waals surface area contributed by atoms with Gasteiger partial charge in [-0.05, 0) is 70.6 Å². The molecule has 2 unspecified atom stereocenters. The third-order valence-corrected chi connectivity index (χ3v) is 8.98. The lowest BCUT2D eigenvalue weighted by atomic mass is 10.1. The van der Waals surface area contributed by atoms with Crippen LogP contribution < -0.4 is 0 Å². The van der Waals surface area contributed by atoms with Crippen molar-refractivity contribution in [2.75, 3.05) is 41.0 Å². The zero-order chi connectivity index (χ0) is 43.5. The number of ether oxygens (including phenoxy) is 3. The number of esters is 2. The highest BCUT2D eigenvalue weighted by molar-refractivity contribution is 5.72. The van der Waals surface area contributed by atoms with Crippen LogP contribution in [-0.4, -0.2) is 80.6 Å². The summed E-state index contributed by atoms with van der Waals surface area (Å²) in [6.45, 7) is 4.35. The number of unbranched alkanes of at least 4 members (excludes halogenated alkanes) is 7. The normalized spacial score (nSPS) is 14.1. The van der Waals surface area contributed by atoms with E-state index in [4.69, 9.17) is 14.2 Å². The Labute approximate surface area is 359 Å². The van der Waals surface area contributed by atoms with Gasteiger partial charge in [0.1, 0.15) is 6.61 Å². The van der Waals surface area contributed by atoms with Crippen LogP contribution in [0.2, 0.25) is 0 Å². The first-order valence-electron chi connectivity index (χ1n) is 22.1. The smallest absolute Gasteiger partial charge is 0.362 e. The van der Waals surface area contributed by atoms with E-state index in [9.17, 15) is 19.5 Å². The Bertz CT molecular complexity index is 1370. The minimum atomic E-state index is -0.894. The number of hydrogen-bond donors (Lipinski definition) is 1. The van der Waals surface area contributed by atoms with E-state index in [0.717, 1.165) is 83.5 Å². The van der Waals surface area contributed by atoms with Gasteiger partial charge in [-0.15, -0.1) is 0 Å². The van der Waals surface area contributed by atoms with Crippen LogP contribution in [0.4, 0.5) is 0 Å². The Morgan fingerprint density at radius 1 is 0.525 bits per heavy atom. The maximum atomic E-state index is 12.7. The molecule has 0 spiro atoms. The van der Waals surface area contributed by atoms with Crippen LogP contribution in [0.3, 0.4) is 0 Å². The average molecular weight is 819 g/mol. The number of quaternary nitrogens is 1. The lowest BCUT2D eigenvalue weighted by Gasteiger charge is -2.31. The topological polar surface area (TPSA) is 99.1 Å². The summed E-state index contributed by atoms with van der Waals surface area (Å²) >= 11 is 0. The fraction of sp³-hybridized carbons (Fsp3) is 0.549. The number of allylic oxidation sites excluding steroid dienone is 20. The fourth-order valence-electron chi connectivity index (χ4n) is 5.62. The van der Waals surface area contributed by atoms with Gasteiger partial charge >= 0.3 is 17.9 Å². The quantitative estimate of drug-likeness (QED) is 0.0219. The maximum absolute atomic E-state index is 12.7. The van der Waals surface area contributed by atoms with Gasteiger partial charge in [0.05, 0.1) is 34.4 Å². The van der Waals surface area contributed by atoms with Crippen molar-refractivity contribution in [3.8, 4) is 0 Å². The highest BCUT2D eigenvalue weighted by Gasteiger charge is 2.31. The van der Waals surface area contributed by atoms with E-state index in [-0.39, 0.29) is 49.1 Å². The van der Waals surface area contributed by atoms with Crippen LogP contribution in [0.25, 0.3) is 0 Å². The molecule has 0 aromatic rings. The van der Waals surface area contributed by atoms with Crippen LogP contribution in [-0.2, 0) is 28.6 Å². The minimum Gasteiger partial charge on any atom is -0.477 e. The van der Waals surface area contributed by atoms with E-state index in [1.54, 1.807) is 0 Å². The van der Waals surface area contributed by atoms with Crippen LogP contribution in [0.5, 0.6) is 0 Å². The summed E-state index contributed by atoms with van der Waals surface area (Å²) in [5.41, 5.74) is 0. The summed E-state index contributed by atoms with van der Waals surface area (Å²) in [5, 5.41) is 9.62. The molecule has 0 saturated carbocycles. The Hall–Kier alpha value is -4.27. The first kappa shape index (κ1) is 54.7. The van der Waals surface area contributed by atoms with E-state index in [1.807, 2.05) is 75.8 Å². The van der Waals surface area contributed by atoms with Gasteiger partial charge in [-0.2, -0.15) is 0 Å². The number of hydrogen-bond acceptors (Lipinski definition) is 6. The second-order valence-corrected chi connectivity index (χ2v) is 15.3. The molecule has 0 radical (unpaired) electrons. The van der Waals surface area contributed by atoms with Crippen molar-refractivity contribution < 1.29 is 38.2 Å².